The van der Waals surface area contributed by atoms with Crippen molar-refractivity contribution in [3.8, 4) is 5.69 Å². The van der Waals surface area contributed by atoms with Crippen LogP contribution in [0.1, 0.15) is 28.6 Å². The van der Waals surface area contributed by atoms with Crippen LogP contribution >= 0.6 is 0 Å². The zero-order valence-electron chi connectivity index (χ0n) is 17.9. The van der Waals surface area contributed by atoms with E-state index in [0.29, 0.717) is 6.54 Å². The van der Waals surface area contributed by atoms with Crippen LogP contribution in [0.5, 0.6) is 0 Å². The molecule has 1 unspecified atom stereocenters. The molecule has 0 radical (unpaired) electrons. The Bertz CT molecular complexity index is 1240. The molecule has 2 heterocycles. The molecule has 1 fully saturated rings. The van der Waals surface area contributed by atoms with Crippen molar-refractivity contribution in [3.05, 3.63) is 95.3 Å². The molecule has 5 rings (SSSR count). The molecule has 0 aliphatic carbocycles. The van der Waals surface area contributed by atoms with Gasteiger partial charge in [-0.3, -0.25) is 4.79 Å². The van der Waals surface area contributed by atoms with E-state index in [0.717, 1.165) is 35.7 Å². The molecule has 4 aromatic rings. The van der Waals surface area contributed by atoms with Gasteiger partial charge in [0.1, 0.15) is 6.54 Å². The number of hydrogen-bond acceptors (Lipinski definition) is 2. The predicted octanol–water partition coefficient (Wildman–Crippen LogP) is 2.90. The van der Waals surface area contributed by atoms with Crippen LogP contribution < -0.4 is 10.2 Å². The molecule has 3 aromatic carbocycles. The number of nitrogens with zero attached hydrogens (tertiary/aromatic N) is 2. The number of fused-ring (bicyclic) bond motifs is 1. The lowest BCUT2D eigenvalue weighted by atomic mass is 9.98. The number of para-hydroxylation sites is 1. The van der Waals surface area contributed by atoms with E-state index in [9.17, 15) is 4.79 Å². The van der Waals surface area contributed by atoms with Crippen molar-refractivity contribution in [2.45, 2.75) is 26.4 Å². The van der Waals surface area contributed by atoms with Crippen molar-refractivity contribution in [1.82, 2.24) is 15.1 Å². The summed E-state index contributed by atoms with van der Waals surface area (Å²) in [7, 11) is 0. The Labute approximate surface area is 182 Å². The second-order valence-electron chi connectivity index (χ2n) is 8.28. The predicted molar refractivity (Wildman–Crippen MR) is 122 cm³/mol. The molecular formula is C26H27N4O+. The van der Waals surface area contributed by atoms with Crippen LogP contribution in [0.2, 0.25) is 0 Å². The van der Waals surface area contributed by atoms with Crippen LogP contribution in [0, 0.1) is 13.8 Å². The second kappa shape index (κ2) is 8.00. The zero-order valence-corrected chi connectivity index (χ0v) is 17.9. The quantitative estimate of drug-likeness (QED) is 0.543. The monoisotopic (exact) mass is 411 g/mol. The van der Waals surface area contributed by atoms with Crippen LogP contribution in [0.4, 0.5) is 0 Å². The Morgan fingerprint density at radius 2 is 1.74 bits per heavy atom. The number of nitrogens with one attached hydrogen (secondary N) is 2. The number of carbonyl (C=O) groups is 1. The molecule has 5 nitrogen and oxygen atoms in total. The maximum atomic E-state index is 13.1. The molecule has 31 heavy (non-hydrogen) atoms. The molecule has 1 aliphatic rings. The van der Waals surface area contributed by atoms with Crippen LogP contribution in [-0.2, 0) is 11.3 Å². The van der Waals surface area contributed by atoms with Crippen molar-refractivity contribution >= 4 is 16.7 Å². The highest BCUT2D eigenvalue weighted by molar-refractivity contribution is 5.86. The summed E-state index contributed by atoms with van der Waals surface area (Å²) in [6, 6.07) is 24.8. The van der Waals surface area contributed by atoms with E-state index < -0.39 is 0 Å². The average Bonchev–Trinajstić information content (AvgIpc) is 3.09. The summed E-state index contributed by atoms with van der Waals surface area (Å²) in [6.45, 7) is 6.46. The fourth-order valence-corrected chi connectivity index (χ4v) is 4.89. The topological polar surface area (TPSA) is 51.4 Å². The molecule has 1 amide bonds. The molecule has 156 valence electrons. The number of hydrogen-bond donors (Lipinski definition) is 2. The van der Waals surface area contributed by atoms with Crippen molar-refractivity contribution in [3.63, 3.8) is 0 Å². The summed E-state index contributed by atoms with van der Waals surface area (Å²) >= 11 is 0. The molecule has 1 aliphatic heterocycles. The van der Waals surface area contributed by atoms with E-state index in [1.54, 1.807) is 0 Å². The summed E-state index contributed by atoms with van der Waals surface area (Å²) in [6.07, 6.45) is 0. The SMILES string of the molecule is Cc1nn(-c2ccccc2)c(C)c1[C@H]1C(=O)NCC[NH+]1Cc1cccc2ccccc12. The van der Waals surface area contributed by atoms with Gasteiger partial charge in [0, 0.05) is 5.56 Å². The normalized spacial score (nSPS) is 18.8. The minimum atomic E-state index is -0.273. The molecule has 0 saturated carbocycles. The second-order valence-corrected chi connectivity index (χ2v) is 8.28. The number of quaternary nitrogens is 1. The fraction of sp³-hybridized carbons (Fsp3) is 0.231. The van der Waals surface area contributed by atoms with Gasteiger partial charge in [-0.15, -0.1) is 0 Å². The standard InChI is InChI=1S/C26H26N4O/c1-18-24(19(2)30(28-18)22-12-4-3-5-13-22)25-26(31)27-15-16-29(25)17-21-11-8-10-20-9-6-7-14-23(20)21/h3-14,25H,15-17H2,1-2H3,(H,27,31)/p+1/t25-/m0/s1. The van der Waals surface area contributed by atoms with Gasteiger partial charge in [-0.1, -0.05) is 60.7 Å². The molecule has 1 saturated heterocycles. The summed E-state index contributed by atoms with van der Waals surface area (Å²) in [5, 5.41) is 10.4. The van der Waals surface area contributed by atoms with E-state index in [2.05, 4.69) is 54.7 Å². The first-order chi connectivity index (χ1) is 15.1. The Morgan fingerprint density at radius 1 is 1.00 bits per heavy atom. The van der Waals surface area contributed by atoms with Gasteiger partial charge in [-0.25, -0.2) is 4.68 Å². The summed E-state index contributed by atoms with van der Waals surface area (Å²) in [5.41, 5.74) is 5.27. The highest BCUT2D eigenvalue weighted by Crippen LogP contribution is 2.25. The Kier molecular flexibility index (Phi) is 5.04. The number of aromatic nitrogens is 2. The molecule has 1 aromatic heterocycles. The Hall–Kier alpha value is -3.44. The van der Waals surface area contributed by atoms with Gasteiger partial charge in [0.15, 0.2) is 6.04 Å². The van der Waals surface area contributed by atoms with E-state index >= 15 is 0 Å². The van der Waals surface area contributed by atoms with Gasteiger partial charge in [-0.05, 0) is 36.8 Å². The molecular weight excluding hydrogens is 384 g/mol. The van der Waals surface area contributed by atoms with Crippen molar-refractivity contribution in [1.29, 1.82) is 0 Å². The van der Waals surface area contributed by atoms with Crippen molar-refractivity contribution in [2.75, 3.05) is 13.1 Å². The number of rotatable bonds is 4. The van der Waals surface area contributed by atoms with Gasteiger partial charge >= 0.3 is 0 Å². The molecule has 2 N–H and O–H groups in total. The Morgan fingerprint density at radius 3 is 2.58 bits per heavy atom. The highest BCUT2D eigenvalue weighted by Gasteiger charge is 2.39. The van der Waals surface area contributed by atoms with Gasteiger partial charge in [0.25, 0.3) is 5.91 Å². The third-order valence-electron chi connectivity index (χ3n) is 6.35. The molecule has 5 heteroatoms. The molecule has 0 bridgehead atoms. The number of carbonyl (C=O) groups excluding carboxylic acids is 1. The summed E-state index contributed by atoms with van der Waals surface area (Å²) < 4.78 is 1.96. The number of aryl methyl sites for hydroxylation is 1. The van der Waals surface area contributed by atoms with Crippen molar-refractivity contribution in [2.24, 2.45) is 0 Å². The van der Waals surface area contributed by atoms with Crippen LogP contribution in [0.15, 0.2) is 72.8 Å². The van der Waals surface area contributed by atoms with Crippen LogP contribution in [0.25, 0.3) is 16.5 Å². The van der Waals surface area contributed by atoms with Gasteiger partial charge in [-0.2, -0.15) is 5.10 Å². The largest absolute Gasteiger partial charge is 0.345 e. The van der Waals surface area contributed by atoms with Crippen molar-refractivity contribution < 1.29 is 9.69 Å². The third kappa shape index (κ3) is 3.51. The van der Waals surface area contributed by atoms with Crippen LogP contribution in [-0.4, -0.2) is 28.8 Å². The number of piperazine rings is 1. The van der Waals surface area contributed by atoms with E-state index in [-0.39, 0.29) is 11.9 Å². The fourth-order valence-electron chi connectivity index (χ4n) is 4.89. The van der Waals surface area contributed by atoms with Crippen LogP contribution in [0.3, 0.4) is 0 Å². The van der Waals surface area contributed by atoms with E-state index in [1.807, 2.05) is 41.9 Å². The summed E-state index contributed by atoms with van der Waals surface area (Å²) in [4.78, 5) is 14.4. The summed E-state index contributed by atoms with van der Waals surface area (Å²) in [5.74, 6) is 0.0836. The van der Waals surface area contributed by atoms with E-state index in [1.165, 1.54) is 21.2 Å². The maximum absolute atomic E-state index is 13.1. The molecule has 2 atom stereocenters. The maximum Gasteiger partial charge on any atom is 0.283 e. The lowest BCUT2D eigenvalue weighted by Crippen LogP contribution is -3.14. The minimum Gasteiger partial charge on any atom is -0.345 e. The van der Waals surface area contributed by atoms with Gasteiger partial charge in [0.2, 0.25) is 0 Å². The first-order valence-corrected chi connectivity index (χ1v) is 10.8. The Balaban J connectivity index is 1.56. The highest BCUT2D eigenvalue weighted by atomic mass is 16.2. The zero-order chi connectivity index (χ0) is 21.4. The average molecular weight is 412 g/mol. The first kappa shape index (κ1) is 19.5. The number of benzene rings is 3. The molecule has 0 spiro atoms. The smallest absolute Gasteiger partial charge is 0.283 e. The first-order valence-electron chi connectivity index (χ1n) is 10.8. The van der Waals surface area contributed by atoms with E-state index in [4.69, 9.17) is 5.10 Å². The third-order valence-corrected chi connectivity index (χ3v) is 6.35. The lowest BCUT2D eigenvalue weighted by Gasteiger charge is -2.32. The number of amides is 1. The van der Waals surface area contributed by atoms with Gasteiger partial charge < -0.3 is 10.2 Å². The minimum absolute atomic E-state index is 0.0836. The van der Waals surface area contributed by atoms with Gasteiger partial charge in [0.05, 0.1) is 35.7 Å². The lowest BCUT2D eigenvalue weighted by molar-refractivity contribution is -0.937.